The van der Waals surface area contributed by atoms with Crippen molar-refractivity contribution in [1.29, 1.82) is 0 Å². The van der Waals surface area contributed by atoms with Crippen LogP contribution in [0.25, 0.3) is 6.08 Å². The predicted molar refractivity (Wildman–Crippen MR) is 75.1 cm³/mol. The van der Waals surface area contributed by atoms with Gasteiger partial charge in [-0.05, 0) is 30.2 Å². The molecule has 0 aliphatic carbocycles. The lowest BCUT2D eigenvalue weighted by Gasteiger charge is -2.04. The fourth-order valence-electron chi connectivity index (χ4n) is 1.64. The van der Waals surface area contributed by atoms with Crippen molar-refractivity contribution in [1.82, 2.24) is 0 Å². The Morgan fingerprint density at radius 1 is 1.11 bits per heavy atom. The van der Waals surface area contributed by atoms with Crippen LogP contribution in [0, 0.1) is 12.7 Å². The maximum absolute atomic E-state index is 13.3. The van der Waals surface area contributed by atoms with Gasteiger partial charge in [-0.15, -0.1) is 0 Å². The van der Waals surface area contributed by atoms with Crippen molar-refractivity contribution in [3.63, 3.8) is 0 Å². The Kier molecular flexibility index (Phi) is 4.13. The highest BCUT2D eigenvalue weighted by atomic mass is 19.1. The molecule has 2 heteroatoms. The molecule has 0 radical (unpaired) electrons. The van der Waals surface area contributed by atoms with Crippen LogP contribution >= 0.6 is 0 Å². The summed E-state index contributed by atoms with van der Waals surface area (Å²) in [6.07, 6.45) is 4.06. The molecule has 2 rings (SSSR count). The molecule has 0 spiro atoms. The molecule has 1 nitrogen and oxygen atoms in total. The Morgan fingerprint density at radius 2 is 1.89 bits per heavy atom. The van der Waals surface area contributed by atoms with Gasteiger partial charge in [0.25, 0.3) is 0 Å². The highest BCUT2D eigenvalue weighted by molar-refractivity contribution is 5.51. The molecule has 0 bridgehead atoms. The van der Waals surface area contributed by atoms with Crippen molar-refractivity contribution in [2.75, 3.05) is 11.9 Å². The van der Waals surface area contributed by atoms with E-state index in [1.165, 1.54) is 6.07 Å². The minimum absolute atomic E-state index is 0.174. The van der Waals surface area contributed by atoms with Crippen LogP contribution in [0.4, 0.5) is 10.1 Å². The molecule has 0 unspecified atom stereocenters. The molecule has 0 fully saturated rings. The Hall–Kier alpha value is -2.09. The standard InChI is InChI=1S/C16H16FN/c1-13-9-10-15(12-16(13)17)18-11-5-8-14-6-3-2-4-7-14/h2-10,12,18H,11H2,1H3. The average molecular weight is 241 g/mol. The van der Waals surface area contributed by atoms with Gasteiger partial charge < -0.3 is 5.32 Å². The third kappa shape index (κ3) is 3.45. The van der Waals surface area contributed by atoms with E-state index in [0.29, 0.717) is 12.1 Å². The van der Waals surface area contributed by atoms with E-state index in [4.69, 9.17) is 0 Å². The minimum atomic E-state index is -0.174. The molecule has 0 amide bonds. The van der Waals surface area contributed by atoms with Gasteiger partial charge >= 0.3 is 0 Å². The monoisotopic (exact) mass is 241 g/mol. The first-order valence-electron chi connectivity index (χ1n) is 5.97. The molecule has 0 atom stereocenters. The van der Waals surface area contributed by atoms with Crippen molar-refractivity contribution in [3.8, 4) is 0 Å². The zero-order valence-electron chi connectivity index (χ0n) is 10.4. The molecule has 92 valence electrons. The van der Waals surface area contributed by atoms with E-state index in [1.54, 1.807) is 13.0 Å². The molecule has 0 aliphatic rings. The molecule has 0 heterocycles. The fraction of sp³-hybridized carbons (Fsp3) is 0.125. The molecule has 1 N–H and O–H groups in total. The lowest BCUT2D eigenvalue weighted by Crippen LogP contribution is -1.98. The first-order valence-corrected chi connectivity index (χ1v) is 5.97. The Labute approximate surface area is 107 Å². The van der Waals surface area contributed by atoms with Crippen LogP contribution in [0.15, 0.2) is 54.6 Å². The summed E-state index contributed by atoms with van der Waals surface area (Å²) in [6, 6.07) is 15.3. The van der Waals surface area contributed by atoms with Gasteiger partial charge in [-0.1, -0.05) is 48.6 Å². The van der Waals surface area contributed by atoms with Gasteiger partial charge in [-0.2, -0.15) is 0 Å². The van der Waals surface area contributed by atoms with Crippen molar-refractivity contribution in [2.45, 2.75) is 6.92 Å². The predicted octanol–water partition coefficient (Wildman–Crippen LogP) is 4.26. The number of nitrogens with one attached hydrogen (secondary N) is 1. The number of halogens is 1. The number of rotatable bonds is 4. The van der Waals surface area contributed by atoms with Crippen LogP contribution in [0.5, 0.6) is 0 Å². The van der Waals surface area contributed by atoms with Crippen LogP contribution in [0.3, 0.4) is 0 Å². The van der Waals surface area contributed by atoms with E-state index >= 15 is 0 Å². The molecule has 2 aromatic rings. The van der Waals surface area contributed by atoms with Gasteiger partial charge in [0.1, 0.15) is 5.82 Å². The van der Waals surface area contributed by atoms with Crippen LogP contribution < -0.4 is 5.32 Å². The van der Waals surface area contributed by atoms with Crippen molar-refractivity contribution >= 4 is 11.8 Å². The van der Waals surface area contributed by atoms with Gasteiger partial charge in [0.2, 0.25) is 0 Å². The summed E-state index contributed by atoms with van der Waals surface area (Å²) in [5, 5.41) is 3.16. The number of hydrogen-bond acceptors (Lipinski definition) is 1. The third-order valence-electron chi connectivity index (χ3n) is 2.71. The summed E-state index contributed by atoms with van der Waals surface area (Å²) in [5.74, 6) is -0.174. The second-order valence-corrected chi connectivity index (χ2v) is 4.16. The number of hydrogen-bond donors (Lipinski definition) is 1. The van der Waals surface area contributed by atoms with Gasteiger partial charge in [0, 0.05) is 12.2 Å². The Bertz CT molecular complexity index is 532. The Morgan fingerprint density at radius 3 is 2.61 bits per heavy atom. The largest absolute Gasteiger partial charge is 0.381 e. The highest BCUT2D eigenvalue weighted by Gasteiger charge is 1.97. The van der Waals surface area contributed by atoms with Crippen LogP contribution in [-0.2, 0) is 0 Å². The number of anilines is 1. The SMILES string of the molecule is Cc1ccc(NCC=Cc2ccccc2)cc1F. The highest BCUT2D eigenvalue weighted by Crippen LogP contribution is 2.13. The van der Waals surface area contributed by atoms with Crippen molar-refractivity contribution < 1.29 is 4.39 Å². The van der Waals surface area contributed by atoms with E-state index < -0.39 is 0 Å². The smallest absolute Gasteiger partial charge is 0.128 e. The van der Waals surface area contributed by atoms with Crippen molar-refractivity contribution in [2.24, 2.45) is 0 Å². The summed E-state index contributed by atoms with van der Waals surface area (Å²) < 4.78 is 13.3. The average Bonchev–Trinajstić information content (AvgIpc) is 2.40. The summed E-state index contributed by atoms with van der Waals surface area (Å²) in [4.78, 5) is 0. The van der Waals surface area contributed by atoms with E-state index in [-0.39, 0.29) is 5.82 Å². The second kappa shape index (κ2) is 6.01. The lowest BCUT2D eigenvalue weighted by molar-refractivity contribution is 0.619. The first kappa shape index (κ1) is 12.4. The zero-order valence-corrected chi connectivity index (χ0v) is 10.4. The van der Waals surface area contributed by atoms with Crippen LogP contribution in [0.1, 0.15) is 11.1 Å². The third-order valence-corrected chi connectivity index (χ3v) is 2.71. The normalized spacial score (nSPS) is 10.8. The summed E-state index contributed by atoms with van der Waals surface area (Å²) >= 11 is 0. The minimum Gasteiger partial charge on any atom is -0.381 e. The quantitative estimate of drug-likeness (QED) is 0.843. The second-order valence-electron chi connectivity index (χ2n) is 4.16. The van der Waals surface area contributed by atoms with E-state index in [9.17, 15) is 4.39 Å². The van der Waals surface area contributed by atoms with Gasteiger partial charge in [0.05, 0.1) is 0 Å². The summed E-state index contributed by atoms with van der Waals surface area (Å²) in [6.45, 7) is 2.44. The van der Waals surface area contributed by atoms with Gasteiger partial charge in [-0.25, -0.2) is 4.39 Å². The molecule has 0 aromatic heterocycles. The first-order chi connectivity index (χ1) is 8.75. The molecule has 0 aliphatic heterocycles. The van der Waals surface area contributed by atoms with Gasteiger partial charge in [-0.3, -0.25) is 0 Å². The summed E-state index contributed by atoms with van der Waals surface area (Å²) in [7, 11) is 0. The van der Waals surface area contributed by atoms with E-state index in [1.807, 2.05) is 48.6 Å². The molecule has 2 aromatic carbocycles. The maximum atomic E-state index is 13.3. The zero-order chi connectivity index (χ0) is 12.8. The topological polar surface area (TPSA) is 12.0 Å². The maximum Gasteiger partial charge on any atom is 0.128 e. The number of benzene rings is 2. The van der Waals surface area contributed by atoms with E-state index in [0.717, 1.165) is 11.3 Å². The molecule has 0 saturated carbocycles. The van der Waals surface area contributed by atoms with E-state index in [2.05, 4.69) is 5.32 Å². The van der Waals surface area contributed by atoms with Crippen LogP contribution in [-0.4, -0.2) is 6.54 Å². The van der Waals surface area contributed by atoms with Gasteiger partial charge in [0.15, 0.2) is 0 Å². The van der Waals surface area contributed by atoms with Crippen LogP contribution in [0.2, 0.25) is 0 Å². The molecular formula is C16H16FN. The Balaban J connectivity index is 1.89. The molecular weight excluding hydrogens is 225 g/mol. The molecule has 18 heavy (non-hydrogen) atoms. The van der Waals surface area contributed by atoms with Crippen molar-refractivity contribution in [3.05, 3.63) is 71.6 Å². The summed E-state index contributed by atoms with van der Waals surface area (Å²) in [5.41, 5.74) is 2.63. The molecule has 0 saturated heterocycles. The number of aryl methyl sites for hydroxylation is 1. The lowest BCUT2D eigenvalue weighted by atomic mass is 10.2. The fourth-order valence-corrected chi connectivity index (χ4v) is 1.64.